The molecule has 0 saturated heterocycles. The van der Waals surface area contributed by atoms with E-state index in [4.69, 9.17) is 9.47 Å². The number of benzene rings is 1. The van der Waals surface area contributed by atoms with Crippen molar-refractivity contribution in [3.8, 4) is 0 Å². The summed E-state index contributed by atoms with van der Waals surface area (Å²) in [4.78, 5) is 25.3. The maximum Gasteiger partial charge on any atom is 0.410 e. The molecule has 2 rings (SSSR count). The van der Waals surface area contributed by atoms with Crippen molar-refractivity contribution in [2.75, 3.05) is 13.2 Å². The van der Waals surface area contributed by atoms with Crippen LogP contribution in [-0.4, -0.2) is 35.7 Å². The predicted octanol–water partition coefficient (Wildman–Crippen LogP) is 3.56. The Balaban J connectivity index is 2.08. The van der Waals surface area contributed by atoms with Crippen molar-refractivity contribution in [2.24, 2.45) is 0 Å². The van der Waals surface area contributed by atoms with E-state index in [-0.39, 0.29) is 12.1 Å². The summed E-state index contributed by atoms with van der Waals surface area (Å²) in [6.45, 7) is 8.89. The van der Waals surface area contributed by atoms with Crippen LogP contribution in [0.5, 0.6) is 0 Å². The van der Waals surface area contributed by atoms with Crippen LogP contribution in [-0.2, 0) is 27.2 Å². The van der Waals surface area contributed by atoms with E-state index >= 15 is 0 Å². The Morgan fingerprint density at radius 2 is 2.00 bits per heavy atom. The van der Waals surface area contributed by atoms with Crippen LogP contribution in [0.1, 0.15) is 44.4 Å². The Bertz CT molecular complexity index is 643. The fourth-order valence-corrected chi connectivity index (χ4v) is 2.52. The topological polar surface area (TPSA) is 55.8 Å². The molecule has 0 aliphatic carbocycles. The zero-order valence-electron chi connectivity index (χ0n) is 14.8. The molecule has 130 valence electrons. The summed E-state index contributed by atoms with van der Waals surface area (Å²) in [5.74, 6) is -0.356. The third kappa shape index (κ3) is 5.11. The van der Waals surface area contributed by atoms with Crippen LogP contribution >= 0.6 is 0 Å². The molecule has 0 saturated carbocycles. The molecule has 0 spiro atoms. The van der Waals surface area contributed by atoms with Crippen molar-refractivity contribution in [3.05, 3.63) is 41.0 Å². The van der Waals surface area contributed by atoms with Gasteiger partial charge in [-0.2, -0.15) is 0 Å². The van der Waals surface area contributed by atoms with E-state index in [9.17, 15) is 9.59 Å². The van der Waals surface area contributed by atoms with E-state index in [1.54, 1.807) is 17.9 Å². The van der Waals surface area contributed by atoms with E-state index < -0.39 is 5.60 Å². The number of fused-ring (bicyclic) bond motifs is 1. The highest BCUT2D eigenvalue weighted by molar-refractivity contribution is 5.87. The molecule has 1 aliphatic heterocycles. The van der Waals surface area contributed by atoms with Crippen molar-refractivity contribution >= 4 is 18.1 Å². The molecule has 5 heteroatoms. The molecule has 1 aliphatic rings. The number of carbonyl (C=O) groups excluding carboxylic acids is 2. The summed E-state index contributed by atoms with van der Waals surface area (Å²) >= 11 is 0. The molecular weight excluding hydrogens is 306 g/mol. The highest BCUT2D eigenvalue weighted by Crippen LogP contribution is 2.22. The van der Waals surface area contributed by atoms with Gasteiger partial charge in [0, 0.05) is 19.2 Å². The van der Waals surface area contributed by atoms with Gasteiger partial charge in [0.2, 0.25) is 0 Å². The Kier molecular flexibility index (Phi) is 5.65. The minimum Gasteiger partial charge on any atom is -0.463 e. The van der Waals surface area contributed by atoms with Crippen molar-refractivity contribution in [3.63, 3.8) is 0 Å². The van der Waals surface area contributed by atoms with E-state index in [0.717, 1.165) is 17.5 Å². The van der Waals surface area contributed by atoms with Gasteiger partial charge in [-0.3, -0.25) is 0 Å². The van der Waals surface area contributed by atoms with Crippen LogP contribution in [0.4, 0.5) is 4.79 Å². The minimum absolute atomic E-state index is 0.291. The molecule has 5 nitrogen and oxygen atoms in total. The molecule has 0 unspecified atom stereocenters. The lowest BCUT2D eigenvalue weighted by molar-refractivity contribution is -0.137. The molecule has 1 aromatic carbocycles. The Hall–Kier alpha value is -2.30. The van der Waals surface area contributed by atoms with Gasteiger partial charge in [-0.1, -0.05) is 12.1 Å². The van der Waals surface area contributed by atoms with E-state index in [1.807, 2.05) is 39.0 Å². The lowest BCUT2D eigenvalue weighted by Crippen LogP contribution is -2.39. The Labute approximate surface area is 143 Å². The summed E-state index contributed by atoms with van der Waals surface area (Å²) in [5.41, 5.74) is 2.72. The second-order valence-corrected chi connectivity index (χ2v) is 6.77. The molecule has 0 bridgehead atoms. The number of hydrogen-bond acceptors (Lipinski definition) is 4. The first kappa shape index (κ1) is 18.0. The Morgan fingerprint density at radius 3 is 2.67 bits per heavy atom. The lowest BCUT2D eigenvalue weighted by Gasteiger charge is -2.31. The van der Waals surface area contributed by atoms with Crippen LogP contribution in [0.25, 0.3) is 6.08 Å². The van der Waals surface area contributed by atoms with Crippen molar-refractivity contribution in [1.29, 1.82) is 0 Å². The summed E-state index contributed by atoms with van der Waals surface area (Å²) in [6.07, 6.45) is 3.65. The second kappa shape index (κ2) is 7.51. The molecule has 0 N–H and O–H groups in total. The zero-order chi connectivity index (χ0) is 17.7. The van der Waals surface area contributed by atoms with Gasteiger partial charge in [0.05, 0.1) is 6.61 Å². The minimum atomic E-state index is -0.498. The van der Waals surface area contributed by atoms with Gasteiger partial charge in [0.1, 0.15) is 5.60 Å². The van der Waals surface area contributed by atoms with Gasteiger partial charge < -0.3 is 14.4 Å². The molecule has 1 heterocycles. The number of esters is 1. The number of carbonyl (C=O) groups is 2. The van der Waals surface area contributed by atoms with Crippen molar-refractivity contribution in [1.82, 2.24) is 4.90 Å². The average Bonchev–Trinajstić information content (AvgIpc) is 2.51. The van der Waals surface area contributed by atoms with Gasteiger partial charge in [-0.05, 0) is 62.9 Å². The van der Waals surface area contributed by atoms with Gasteiger partial charge in [0.15, 0.2) is 0 Å². The molecule has 0 fully saturated rings. The van der Waals surface area contributed by atoms with E-state index in [1.165, 1.54) is 11.6 Å². The van der Waals surface area contributed by atoms with Crippen LogP contribution in [0.15, 0.2) is 24.3 Å². The SMILES string of the molecule is CCOC(=O)C=Cc1ccc2c(c1)CN(C(=O)OC(C)(C)C)CC2. The van der Waals surface area contributed by atoms with E-state index in [0.29, 0.717) is 19.7 Å². The van der Waals surface area contributed by atoms with Gasteiger partial charge >= 0.3 is 12.1 Å². The van der Waals surface area contributed by atoms with Gasteiger partial charge in [0.25, 0.3) is 0 Å². The summed E-state index contributed by atoms with van der Waals surface area (Å²) in [7, 11) is 0. The third-order valence-corrected chi connectivity index (χ3v) is 3.59. The number of rotatable bonds is 3. The molecule has 1 amide bonds. The molecule has 0 aromatic heterocycles. The van der Waals surface area contributed by atoms with Crippen molar-refractivity contribution in [2.45, 2.75) is 46.3 Å². The fourth-order valence-electron chi connectivity index (χ4n) is 2.52. The van der Waals surface area contributed by atoms with Crippen LogP contribution in [0.3, 0.4) is 0 Å². The summed E-state index contributed by atoms with van der Waals surface area (Å²) in [6, 6.07) is 6.02. The normalized spacial score (nSPS) is 14.4. The first-order valence-electron chi connectivity index (χ1n) is 8.23. The zero-order valence-corrected chi connectivity index (χ0v) is 14.8. The lowest BCUT2D eigenvalue weighted by atomic mass is 9.97. The third-order valence-electron chi connectivity index (χ3n) is 3.59. The number of nitrogens with zero attached hydrogens (tertiary/aromatic N) is 1. The summed E-state index contributed by atoms with van der Waals surface area (Å²) in [5, 5.41) is 0. The van der Waals surface area contributed by atoms with Crippen molar-refractivity contribution < 1.29 is 19.1 Å². The maximum atomic E-state index is 12.2. The monoisotopic (exact) mass is 331 g/mol. The summed E-state index contributed by atoms with van der Waals surface area (Å²) < 4.78 is 10.3. The predicted molar refractivity (Wildman–Crippen MR) is 92.5 cm³/mol. The standard InChI is InChI=1S/C19H25NO4/c1-5-23-17(21)9-7-14-6-8-15-10-11-20(13-16(15)12-14)18(22)24-19(2,3)4/h6-9,12H,5,10-11,13H2,1-4H3. The molecular formula is C19H25NO4. The maximum absolute atomic E-state index is 12.2. The highest BCUT2D eigenvalue weighted by Gasteiger charge is 2.25. The Morgan fingerprint density at radius 1 is 1.25 bits per heavy atom. The molecule has 0 atom stereocenters. The van der Waals surface area contributed by atoms with Crippen LogP contribution < -0.4 is 0 Å². The number of ether oxygens (including phenoxy) is 2. The van der Waals surface area contributed by atoms with Crippen LogP contribution in [0, 0.1) is 0 Å². The number of hydrogen-bond donors (Lipinski definition) is 0. The van der Waals surface area contributed by atoms with Gasteiger partial charge in [-0.25, -0.2) is 9.59 Å². The highest BCUT2D eigenvalue weighted by atomic mass is 16.6. The first-order valence-corrected chi connectivity index (χ1v) is 8.23. The van der Waals surface area contributed by atoms with Crippen LogP contribution in [0.2, 0.25) is 0 Å². The quantitative estimate of drug-likeness (QED) is 0.628. The molecule has 0 radical (unpaired) electrons. The fraction of sp³-hybridized carbons (Fsp3) is 0.474. The average molecular weight is 331 g/mol. The molecule has 1 aromatic rings. The largest absolute Gasteiger partial charge is 0.463 e. The van der Waals surface area contributed by atoms with Gasteiger partial charge in [-0.15, -0.1) is 0 Å². The molecule has 24 heavy (non-hydrogen) atoms. The number of amides is 1. The second-order valence-electron chi connectivity index (χ2n) is 6.77. The van der Waals surface area contributed by atoms with E-state index in [2.05, 4.69) is 0 Å². The smallest absolute Gasteiger partial charge is 0.410 e. The first-order chi connectivity index (χ1) is 11.3.